The number of hydrogen-bond acceptors (Lipinski definition) is 6. The molecule has 0 unspecified atom stereocenters. The van der Waals surface area contributed by atoms with Crippen molar-refractivity contribution in [1.82, 2.24) is 4.90 Å². The van der Waals surface area contributed by atoms with Gasteiger partial charge in [0, 0.05) is 26.1 Å². The first-order valence-corrected chi connectivity index (χ1v) is 14.7. The largest absolute Gasteiger partial charge is 0.480 e. The van der Waals surface area contributed by atoms with Crippen molar-refractivity contribution >= 4 is 32.9 Å². The van der Waals surface area contributed by atoms with Crippen LogP contribution in [0.3, 0.4) is 0 Å². The summed E-state index contributed by atoms with van der Waals surface area (Å²) < 4.78 is 75.3. The van der Waals surface area contributed by atoms with Crippen molar-refractivity contribution < 1.29 is 36.2 Å². The van der Waals surface area contributed by atoms with E-state index in [1.807, 2.05) is 50.8 Å². The van der Waals surface area contributed by atoms with Crippen molar-refractivity contribution in [2.45, 2.75) is 56.4 Å². The number of fused-ring (bicyclic) bond motifs is 1. The molecule has 2 heterocycles. The number of carboxylic acid groups (broad SMARTS) is 1. The quantitative estimate of drug-likeness (QED) is 0.454. The first-order valence-electron chi connectivity index (χ1n) is 13.3. The SMILES string of the molecule is CN(CCN1CCN(S(=O)(=O)c2cccc(C(F)(F)F)c2)c2cc(C3=CC(C)(C)OC(C)(C)C3)ccc21)CC(=O)O. The molecule has 0 amide bonds. The molecule has 0 radical (unpaired) electrons. The van der Waals surface area contributed by atoms with E-state index >= 15 is 0 Å². The van der Waals surface area contributed by atoms with Gasteiger partial charge in [-0.3, -0.25) is 14.0 Å². The Hall–Kier alpha value is -3.09. The van der Waals surface area contributed by atoms with Crippen molar-refractivity contribution in [2.75, 3.05) is 49.0 Å². The lowest BCUT2D eigenvalue weighted by molar-refractivity contribution is -0.138. The molecule has 8 nitrogen and oxygen atoms in total. The van der Waals surface area contributed by atoms with E-state index in [0.29, 0.717) is 37.0 Å². The van der Waals surface area contributed by atoms with E-state index in [0.717, 1.165) is 23.3 Å². The van der Waals surface area contributed by atoms with Crippen molar-refractivity contribution in [3.63, 3.8) is 0 Å². The zero-order valence-corrected chi connectivity index (χ0v) is 24.6. The molecule has 2 aliphatic rings. The van der Waals surface area contributed by atoms with Gasteiger partial charge in [-0.15, -0.1) is 0 Å². The van der Waals surface area contributed by atoms with Crippen LogP contribution in [0.25, 0.3) is 5.57 Å². The smallest absolute Gasteiger partial charge is 0.416 e. The summed E-state index contributed by atoms with van der Waals surface area (Å²) in [4.78, 5) is 14.3. The van der Waals surface area contributed by atoms with Gasteiger partial charge in [-0.05, 0) is 82.3 Å². The normalized spacial score (nSPS) is 18.7. The molecule has 41 heavy (non-hydrogen) atoms. The lowest BCUT2D eigenvalue weighted by Gasteiger charge is -2.41. The third kappa shape index (κ3) is 7.04. The van der Waals surface area contributed by atoms with Crippen LogP contribution in [0.1, 0.15) is 45.2 Å². The molecule has 0 aromatic heterocycles. The van der Waals surface area contributed by atoms with Crippen LogP contribution in [0.4, 0.5) is 24.5 Å². The average Bonchev–Trinajstić information content (AvgIpc) is 2.84. The molecule has 2 aromatic carbocycles. The van der Waals surface area contributed by atoms with Crippen LogP contribution in [0, 0.1) is 0 Å². The van der Waals surface area contributed by atoms with Crippen LogP contribution in [0.15, 0.2) is 53.4 Å². The number of likely N-dealkylation sites (N-methyl/N-ethyl adjacent to an activating group) is 1. The highest BCUT2D eigenvalue weighted by molar-refractivity contribution is 7.92. The number of hydrogen-bond donors (Lipinski definition) is 1. The molecule has 0 saturated heterocycles. The zero-order valence-electron chi connectivity index (χ0n) is 23.8. The van der Waals surface area contributed by atoms with Crippen LogP contribution in [0.5, 0.6) is 0 Å². The number of ether oxygens (including phenoxy) is 1. The Morgan fingerprint density at radius 3 is 2.41 bits per heavy atom. The molecule has 224 valence electrons. The van der Waals surface area contributed by atoms with Crippen LogP contribution >= 0.6 is 0 Å². The van der Waals surface area contributed by atoms with E-state index in [-0.39, 0.29) is 19.6 Å². The molecule has 4 rings (SSSR count). The number of alkyl halides is 3. The molecule has 0 fully saturated rings. The van der Waals surface area contributed by atoms with Gasteiger partial charge in [0.25, 0.3) is 10.0 Å². The van der Waals surface area contributed by atoms with E-state index in [1.165, 1.54) is 10.4 Å². The highest BCUT2D eigenvalue weighted by Crippen LogP contribution is 2.43. The number of halogens is 3. The van der Waals surface area contributed by atoms with Crippen LogP contribution < -0.4 is 9.21 Å². The number of nitrogens with zero attached hydrogens (tertiary/aromatic N) is 3. The topological polar surface area (TPSA) is 90.4 Å². The molecular formula is C29H36F3N3O5S. The number of carbonyl (C=O) groups is 1. The predicted molar refractivity (Wildman–Crippen MR) is 152 cm³/mol. The third-order valence-corrected chi connectivity index (χ3v) is 8.92. The number of aliphatic carboxylic acids is 1. The fraction of sp³-hybridized carbons (Fsp3) is 0.483. The second-order valence-corrected chi connectivity index (χ2v) is 13.6. The van der Waals surface area contributed by atoms with Gasteiger partial charge in [0.2, 0.25) is 0 Å². The van der Waals surface area contributed by atoms with E-state index in [1.54, 1.807) is 18.0 Å². The monoisotopic (exact) mass is 595 g/mol. The Morgan fingerprint density at radius 1 is 1.07 bits per heavy atom. The maximum atomic E-state index is 13.8. The summed E-state index contributed by atoms with van der Waals surface area (Å²) >= 11 is 0. The number of carboxylic acids is 1. The summed E-state index contributed by atoms with van der Waals surface area (Å²) in [6.07, 6.45) is -2.10. The number of benzene rings is 2. The van der Waals surface area contributed by atoms with E-state index in [4.69, 9.17) is 9.84 Å². The van der Waals surface area contributed by atoms with Gasteiger partial charge >= 0.3 is 12.1 Å². The van der Waals surface area contributed by atoms with Gasteiger partial charge in [0.05, 0.1) is 46.1 Å². The second kappa shape index (κ2) is 11.0. The average molecular weight is 596 g/mol. The second-order valence-electron chi connectivity index (χ2n) is 11.7. The Morgan fingerprint density at radius 2 is 1.78 bits per heavy atom. The molecular weight excluding hydrogens is 559 g/mol. The summed E-state index contributed by atoms with van der Waals surface area (Å²) in [5.74, 6) is -0.954. The molecule has 0 atom stereocenters. The minimum Gasteiger partial charge on any atom is -0.480 e. The lowest BCUT2D eigenvalue weighted by Crippen LogP contribution is -2.46. The Bertz CT molecular complexity index is 1450. The van der Waals surface area contributed by atoms with Gasteiger partial charge < -0.3 is 14.7 Å². The summed E-state index contributed by atoms with van der Waals surface area (Å²) in [5.41, 5.74) is 0.669. The Labute approximate surface area is 239 Å². The van der Waals surface area contributed by atoms with Crippen LogP contribution in [0.2, 0.25) is 0 Å². The standard InChI is InChI=1S/C29H36F3N3O5S/c1-27(2)17-21(18-28(3,4)40-27)20-9-10-24-25(15-20)35(14-13-34(24)12-11-33(5)19-26(36)37)41(38,39)23-8-6-7-22(16-23)29(30,31)32/h6-10,15-17H,11-14,18-19H2,1-5H3,(H,36,37). The molecule has 1 N–H and O–H groups in total. The maximum absolute atomic E-state index is 13.8. The van der Waals surface area contributed by atoms with Crippen molar-refractivity contribution in [2.24, 2.45) is 0 Å². The van der Waals surface area contributed by atoms with Gasteiger partial charge in [-0.1, -0.05) is 12.1 Å². The van der Waals surface area contributed by atoms with E-state index < -0.39 is 43.8 Å². The molecule has 0 aliphatic carbocycles. The maximum Gasteiger partial charge on any atom is 0.416 e. The molecule has 0 saturated carbocycles. The number of anilines is 2. The first-order chi connectivity index (χ1) is 18.9. The highest BCUT2D eigenvalue weighted by Gasteiger charge is 2.37. The van der Waals surface area contributed by atoms with Crippen molar-refractivity contribution in [1.29, 1.82) is 0 Å². The third-order valence-electron chi connectivity index (χ3n) is 7.11. The molecule has 0 spiro atoms. The summed E-state index contributed by atoms with van der Waals surface area (Å²) in [6, 6.07) is 9.29. The lowest BCUT2D eigenvalue weighted by atomic mass is 9.85. The minimum atomic E-state index is -4.69. The van der Waals surface area contributed by atoms with Gasteiger partial charge in [0.1, 0.15) is 0 Å². The minimum absolute atomic E-state index is 0.0107. The summed E-state index contributed by atoms with van der Waals surface area (Å²) in [6.45, 7) is 8.87. The fourth-order valence-electron chi connectivity index (χ4n) is 5.58. The highest BCUT2D eigenvalue weighted by atomic mass is 32.2. The Balaban J connectivity index is 1.78. The van der Waals surface area contributed by atoms with Crippen LogP contribution in [-0.2, 0) is 25.7 Å². The van der Waals surface area contributed by atoms with E-state index in [9.17, 15) is 26.4 Å². The van der Waals surface area contributed by atoms with Crippen LogP contribution in [-0.4, -0.2) is 75.4 Å². The van der Waals surface area contributed by atoms with Gasteiger partial charge in [-0.25, -0.2) is 8.42 Å². The molecule has 12 heteroatoms. The first kappa shape index (κ1) is 30.9. The Kier molecular flexibility index (Phi) is 8.25. The van der Waals surface area contributed by atoms with Gasteiger partial charge in [0.15, 0.2) is 0 Å². The fourth-order valence-corrected chi connectivity index (χ4v) is 7.09. The van der Waals surface area contributed by atoms with Gasteiger partial charge in [-0.2, -0.15) is 13.2 Å². The van der Waals surface area contributed by atoms with Crippen molar-refractivity contribution in [3.8, 4) is 0 Å². The predicted octanol–water partition coefficient (Wildman–Crippen LogP) is 5.10. The molecule has 2 aromatic rings. The molecule has 0 bridgehead atoms. The van der Waals surface area contributed by atoms with Crippen molar-refractivity contribution in [3.05, 3.63) is 59.7 Å². The summed E-state index contributed by atoms with van der Waals surface area (Å²) in [7, 11) is -2.66. The zero-order chi connectivity index (χ0) is 30.4. The number of sulfonamides is 1. The summed E-state index contributed by atoms with van der Waals surface area (Å²) in [5, 5.41) is 9.10. The number of rotatable bonds is 8. The van der Waals surface area contributed by atoms with E-state index in [2.05, 4.69) is 0 Å². The molecule has 2 aliphatic heterocycles.